The van der Waals surface area contributed by atoms with Crippen LogP contribution in [0.3, 0.4) is 0 Å². The maximum atomic E-state index is 6.46. The normalized spacial score (nSPS) is 32.2. The third-order valence-electron chi connectivity index (χ3n) is 5.38. The smallest absolute Gasteiger partial charge is 0.0247 e. The predicted molar refractivity (Wildman–Crippen MR) is 82.4 cm³/mol. The summed E-state index contributed by atoms with van der Waals surface area (Å²) in [6.07, 6.45) is 10.7. The minimum absolute atomic E-state index is 0.398. The number of rotatable bonds is 3. The first kappa shape index (κ1) is 15.3. The van der Waals surface area contributed by atoms with Crippen LogP contribution in [0.25, 0.3) is 0 Å². The molecule has 0 bridgehead atoms. The van der Waals surface area contributed by atoms with E-state index in [4.69, 9.17) is 5.73 Å². The summed E-state index contributed by atoms with van der Waals surface area (Å²) >= 11 is 0. The van der Waals surface area contributed by atoms with Crippen molar-refractivity contribution in [1.82, 2.24) is 9.80 Å². The first-order valence-electron chi connectivity index (χ1n) is 8.42. The molecular formula is C16H33N3. The van der Waals surface area contributed by atoms with Gasteiger partial charge in [-0.2, -0.15) is 0 Å². The third kappa shape index (κ3) is 4.17. The van der Waals surface area contributed by atoms with Crippen molar-refractivity contribution >= 4 is 0 Å². The highest BCUT2D eigenvalue weighted by atomic mass is 15.2. The van der Waals surface area contributed by atoms with Crippen molar-refractivity contribution in [3.8, 4) is 0 Å². The van der Waals surface area contributed by atoms with Crippen molar-refractivity contribution in [3.05, 3.63) is 0 Å². The Bertz CT molecular complexity index is 248. The van der Waals surface area contributed by atoms with Crippen molar-refractivity contribution in [2.24, 2.45) is 5.73 Å². The van der Waals surface area contributed by atoms with E-state index in [0.29, 0.717) is 12.1 Å². The van der Waals surface area contributed by atoms with Crippen LogP contribution in [-0.2, 0) is 0 Å². The number of hydrogen-bond acceptors (Lipinski definition) is 3. The highest BCUT2D eigenvalue weighted by molar-refractivity contribution is 4.88. The summed E-state index contributed by atoms with van der Waals surface area (Å²) < 4.78 is 0. The van der Waals surface area contributed by atoms with E-state index in [1.54, 1.807) is 0 Å². The van der Waals surface area contributed by atoms with Crippen molar-refractivity contribution < 1.29 is 0 Å². The van der Waals surface area contributed by atoms with Crippen LogP contribution in [0.15, 0.2) is 0 Å². The zero-order valence-corrected chi connectivity index (χ0v) is 13.0. The van der Waals surface area contributed by atoms with Gasteiger partial charge in [-0.05, 0) is 52.4 Å². The van der Waals surface area contributed by atoms with Gasteiger partial charge in [0.05, 0.1) is 0 Å². The van der Waals surface area contributed by atoms with E-state index < -0.39 is 0 Å². The van der Waals surface area contributed by atoms with E-state index in [-0.39, 0.29) is 0 Å². The number of likely N-dealkylation sites (tertiary alicyclic amines) is 1. The molecule has 2 rings (SSSR count). The second kappa shape index (κ2) is 7.61. The highest BCUT2D eigenvalue weighted by Gasteiger charge is 2.30. The fraction of sp³-hybridized carbons (Fsp3) is 1.00. The number of likely N-dealkylation sites (N-methyl/N-ethyl adjacent to an activating group) is 1. The Morgan fingerprint density at radius 1 is 1.00 bits per heavy atom. The Morgan fingerprint density at radius 3 is 2.26 bits per heavy atom. The van der Waals surface area contributed by atoms with Gasteiger partial charge in [-0.3, -0.25) is 4.90 Å². The maximum Gasteiger partial charge on any atom is 0.0247 e. The van der Waals surface area contributed by atoms with Crippen LogP contribution in [0.2, 0.25) is 0 Å². The van der Waals surface area contributed by atoms with E-state index in [0.717, 1.165) is 6.04 Å². The molecule has 0 aromatic heterocycles. The maximum absolute atomic E-state index is 6.46. The van der Waals surface area contributed by atoms with Crippen LogP contribution in [0.4, 0.5) is 0 Å². The van der Waals surface area contributed by atoms with E-state index in [2.05, 4.69) is 23.8 Å². The largest absolute Gasteiger partial charge is 0.326 e. The summed E-state index contributed by atoms with van der Waals surface area (Å²) in [7, 11) is 2.33. The SMILES string of the molecule is CCN1CCC(N(C)C2CCCCCCC2N)CC1. The summed E-state index contributed by atoms with van der Waals surface area (Å²) in [5.74, 6) is 0. The molecule has 2 fully saturated rings. The Kier molecular flexibility index (Phi) is 6.11. The van der Waals surface area contributed by atoms with Crippen LogP contribution in [0.5, 0.6) is 0 Å². The molecule has 3 nitrogen and oxygen atoms in total. The van der Waals surface area contributed by atoms with Crippen LogP contribution in [-0.4, -0.2) is 54.6 Å². The fourth-order valence-corrected chi connectivity index (χ4v) is 3.91. The molecule has 2 N–H and O–H groups in total. The summed E-state index contributed by atoms with van der Waals surface area (Å²) in [5, 5.41) is 0. The zero-order chi connectivity index (χ0) is 13.7. The molecule has 3 heteroatoms. The summed E-state index contributed by atoms with van der Waals surface area (Å²) in [6, 6.07) is 1.78. The molecule has 0 aromatic rings. The summed E-state index contributed by atoms with van der Waals surface area (Å²) in [5.41, 5.74) is 6.46. The summed E-state index contributed by atoms with van der Waals surface area (Å²) in [6.45, 7) is 6.02. The number of piperidine rings is 1. The molecule has 0 amide bonds. The number of nitrogens with two attached hydrogens (primary N) is 1. The van der Waals surface area contributed by atoms with Gasteiger partial charge < -0.3 is 10.6 Å². The molecule has 1 aliphatic heterocycles. The molecule has 2 atom stereocenters. The first-order chi connectivity index (χ1) is 9.22. The Hall–Kier alpha value is -0.120. The quantitative estimate of drug-likeness (QED) is 0.852. The van der Waals surface area contributed by atoms with Gasteiger partial charge in [0.1, 0.15) is 0 Å². The van der Waals surface area contributed by atoms with Gasteiger partial charge in [0, 0.05) is 18.1 Å². The van der Waals surface area contributed by atoms with Gasteiger partial charge in [-0.15, -0.1) is 0 Å². The highest BCUT2D eigenvalue weighted by Crippen LogP contribution is 2.24. The zero-order valence-electron chi connectivity index (χ0n) is 13.0. The van der Waals surface area contributed by atoms with Crippen LogP contribution in [0, 0.1) is 0 Å². The van der Waals surface area contributed by atoms with Gasteiger partial charge in [-0.25, -0.2) is 0 Å². The monoisotopic (exact) mass is 267 g/mol. The van der Waals surface area contributed by atoms with Gasteiger partial charge in [-0.1, -0.05) is 32.6 Å². The topological polar surface area (TPSA) is 32.5 Å². The Morgan fingerprint density at radius 2 is 1.63 bits per heavy atom. The second-order valence-corrected chi connectivity index (χ2v) is 6.55. The van der Waals surface area contributed by atoms with E-state index in [9.17, 15) is 0 Å². The fourth-order valence-electron chi connectivity index (χ4n) is 3.91. The lowest BCUT2D eigenvalue weighted by atomic mass is 9.90. The lowest BCUT2D eigenvalue weighted by Crippen LogP contribution is -2.53. The molecule has 2 aliphatic rings. The number of hydrogen-bond donors (Lipinski definition) is 1. The molecule has 1 aliphatic carbocycles. The minimum atomic E-state index is 0.398. The van der Waals surface area contributed by atoms with E-state index >= 15 is 0 Å². The molecule has 1 heterocycles. The summed E-state index contributed by atoms with van der Waals surface area (Å²) in [4.78, 5) is 5.21. The van der Waals surface area contributed by atoms with Gasteiger partial charge in [0.25, 0.3) is 0 Å². The molecular weight excluding hydrogens is 234 g/mol. The first-order valence-corrected chi connectivity index (χ1v) is 8.42. The predicted octanol–water partition coefficient (Wildman–Crippen LogP) is 2.45. The molecule has 0 spiro atoms. The van der Waals surface area contributed by atoms with Crippen molar-refractivity contribution in [3.63, 3.8) is 0 Å². The van der Waals surface area contributed by atoms with Gasteiger partial charge in [0.15, 0.2) is 0 Å². The molecule has 1 saturated carbocycles. The van der Waals surface area contributed by atoms with Gasteiger partial charge in [0.2, 0.25) is 0 Å². The van der Waals surface area contributed by atoms with Crippen molar-refractivity contribution in [2.75, 3.05) is 26.7 Å². The average molecular weight is 267 g/mol. The van der Waals surface area contributed by atoms with E-state index in [1.807, 2.05) is 0 Å². The minimum Gasteiger partial charge on any atom is -0.326 e. The van der Waals surface area contributed by atoms with Crippen LogP contribution >= 0.6 is 0 Å². The second-order valence-electron chi connectivity index (χ2n) is 6.55. The van der Waals surface area contributed by atoms with Crippen molar-refractivity contribution in [2.45, 2.75) is 76.4 Å². The van der Waals surface area contributed by atoms with Gasteiger partial charge >= 0.3 is 0 Å². The standard InChI is InChI=1S/C16H33N3/c1-3-19-12-10-14(11-13-19)18(2)16-9-7-5-4-6-8-15(16)17/h14-16H,3-13,17H2,1-2H3. The third-order valence-corrected chi connectivity index (χ3v) is 5.38. The molecule has 1 saturated heterocycles. The average Bonchev–Trinajstić information content (AvgIpc) is 2.43. The molecule has 112 valence electrons. The van der Waals surface area contributed by atoms with Crippen LogP contribution < -0.4 is 5.73 Å². The Balaban J connectivity index is 1.87. The molecule has 0 aromatic carbocycles. The van der Waals surface area contributed by atoms with Crippen LogP contribution in [0.1, 0.15) is 58.3 Å². The van der Waals surface area contributed by atoms with Crippen molar-refractivity contribution in [1.29, 1.82) is 0 Å². The lowest BCUT2D eigenvalue weighted by molar-refractivity contribution is 0.0781. The molecule has 2 unspecified atom stereocenters. The molecule has 0 radical (unpaired) electrons. The Labute approximate surface area is 119 Å². The number of nitrogens with zero attached hydrogens (tertiary/aromatic N) is 2. The van der Waals surface area contributed by atoms with E-state index in [1.165, 1.54) is 71.0 Å². The molecule has 19 heavy (non-hydrogen) atoms. The lowest BCUT2D eigenvalue weighted by Gasteiger charge is -2.42.